The Kier molecular flexibility index (Phi) is 3.28. The van der Waals surface area contributed by atoms with Crippen LogP contribution < -0.4 is 0 Å². The zero-order valence-corrected chi connectivity index (χ0v) is 8.69. The van der Waals surface area contributed by atoms with Crippen LogP contribution in [0.15, 0.2) is 0 Å². The van der Waals surface area contributed by atoms with E-state index in [1.165, 1.54) is 0 Å². The monoisotopic (exact) mass is 191 g/mol. The van der Waals surface area contributed by atoms with E-state index in [4.69, 9.17) is 0 Å². The Hall–Kier alpha value is -0.180. The molecule has 1 saturated heterocycles. The van der Waals surface area contributed by atoms with Gasteiger partial charge in [-0.3, -0.25) is 4.90 Å². The second-order valence-electron chi connectivity index (χ2n) is 4.18. The van der Waals surface area contributed by atoms with E-state index in [0.717, 1.165) is 13.0 Å². The molecule has 1 heterocycles. The number of halogens is 2. The third-order valence-corrected chi connectivity index (χ3v) is 3.20. The first-order chi connectivity index (χ1) is 5.97. The Morgan fingerprint density at radius 1 is 1.54 bits per heavy atom. The van der Waals surface area contributed by atoms with Crippen LogP contribution in [0, 0.1) is 5.92 Å². The maximum absolute atomic E-state index is 13.3. The van der Waals surface area contributed by atoms with Gasteiger partial charge in [0.15, 0.2) is 0 Å². The second-order valence-corrected chi connectivity index (χ2v) is 4.18. The minimum Gasteiger partial charge on any atom is -0.295 e. The van der Waals surface area contributed by atoms with Crippen molar-refractivity contribution < 1.29 is 8.78 Å². The van der Waals surface area contributed by atoms with Crippen LogP contribution in [-0.2, 0) is 0 Å². The maximum Gasteiger partial charge on any atom is 0.263 e. The van der Waals surface area contributed by atoms with Crippen molar-refractivity contribution >= 4 is 0 Å². The van der Waals surface area contributed by atoms with Crippen molar-refractivity contribution in [2.75, 3.05) is 13.1 Å². The van der Waals surface area contributed by atoms with Crippen molar-refractivity contribution in [2.24, 2.45) is 5.92 Å². The summed E-state index contributed by atoms with van der Waals surface area (Å²) < 4.78 is 26.6. The van der Waals surface area contributed by atoms with Gasteiger partial charge in [0.05, 0.1) is 6.54 Å². The van der Waals surface area contributed by atoms with E-state index in [2.05, 4.69) is 0 Å². The van der Waals surface area contributed by atoms with Gasteiger partial charge in [0.1, 0.15) is 0 Å². The van der Waals surface area contributed by atoms with E-state index in [0.29, 0.717) is 12.5 Å². The van der Waals surface area contributed by atoms with Crippen LogP contribution in [0.5, 0.6) is 0 Å². The SMILES string of the molecule is CC[C@H](C)N1CC[C@@H](C)C(F)(F)C1. The predicted octanol–water partition coefficient (Wildman–Crippen LogP) is 2.76. The topological polar surface area (TPSA) is 3.24 Å². The number of hydrogen-bond donors (Lipinski definition) is 0. The third kappa shape index (κ3) is 2.39. The van der Waals surface area contributed by atoms with E-state index < -0.39 is 11.8 Å². The molecule has 0 aromatic rings. The summed E-state index contributed by atoms with van der Waals surface area (Å²) in [5, 5.41) is 0. The van der Waals surface area contributed by atoms with Crippen molar-refractivity contribution in [3.63, 3.8) is 0 Å². The van der Waals surface area contributed by atoms with E-state index in [1.54, 1.807) is 6.92 Å². The van der Waals surface area contributed by atoms with Crippen LogP contribution in [0.2, 0.25) is 0 Å². The molecule has 0 aromatic carbocycles. The quantitative estimate of drug-likeness (QED) is 0.648. The number of likely N-dealkylation sites (tertiary alicyclic amines) is 1. The van der Waals surface area contributed by atoms with Gasteiger partial charge in [-0.1, -0.05) is 13.8 Å². The van der Waals surface area contributed by atoms with Crippen LogP contribution in [-0.4, -0.2) is 30.0 Å². The molecule has 0 bridgehead atoms. The summed E-state index contributed by atoms with van der Waals surface area (Å²) in [6.45, 7) is 6.48. The van der Waals surface area contributed by atoms with Crippen LogP contribution in [0.4, 0.5) is 8.78 Å². The average Bonchev–Trinajstić information content (AvgIpc) is 2.08. The van der Waals surface area contributed by atoms with E-state index >= 15 is 0 Å². The molecule has 0 aliphatic carbocycles. The standard InChI is InChI=1S/C10H19F2N/c1-4-9(3)13-6-5-8(2)10(11,12)7-13/h8-9H,4-7H2,1-3H3/t8-,9+/m1/s1. The molecule has 1 nitrogen and oxygen atoms in total. The lowest BCUT2D eigenvalue weighted by Gasteiger charge is -2.39. The van der Waals surface area contributed by atoms with Crippen molar-refractivity contribution in [3.05, 3.63) is 0 Å². The highest BCUT2D eigenvalue weighted by Gasteiger charge is 2.42. The summed E-state index contributed by atoms with van der Waals surface area (Å²) >= 11 is 0. The number of rotatable bonds is 2. The van der Waals surface area contributed by atoms with Gasteiger partial charge < -0.3 is 0 Å². The highest BCUT2D eigenvalue weighted by molar-refractivity contribution is 4.85. The van der Waals surface area contributed by atoms with Gasteiger partial charge in [-0.15, -0.1) is 0 Å². The first kappa shape index (κ1) is 10.9. The molecule has 13 heavy (non-hydrogen) atoms. The van der Waals surface area contributed by atoms with Crippen molar-refractivity contribution in [2.45, 2.75) is 45.6 Å². The molecule has 0 N–H and O–H groups in total. The van der Waals surface area contributed by atoms with Gasteiger partial charge in [0, 0.05) is 12.0 Å². The summed E-state index contributed by atoms with van der Waals surface area (Å²) in [4.78, 5) is 1.90. The zero-order chi connectivity index (χ0) is 10.1. The fraction of sp³-hybridized carbons (Fsp3) is 1.00. The van der Waals surface area contributed by atoms with Crippen LogP contribution in [0.3, 0.4) is 0 Å². The van der Waals surface area contributed by atoms with Crippen molar-refractivity contribution in [3.8, 4) is 0 Å². The minimum absolute atomic E-state index is 0.0524. The molecule has 0 saturated carbocycles. The highest BCUT2D eigenvalue weighted by atomic mass is 19.3. The third-order valence-electron chi connectivity index (χ3n) is 3.20. The molecule has 1 fully saturated rings. The summed E-state index contributed by atoms with van der Waals surface area (Å²) in [6, 6.07) is 0.290. The van der Waals surface area contributed by atoms with Crippen LogP contribution in [0.1, 0.15) is 33.6 Å². The number of piperidine rings is 1. The maximum atomic E-state index is 13.3. The van der Waals surface area contributed by atoms with Crippen LogP contribution in [0.25, 0.3) is 0 Å². The van der Waals surface area contributed by atoms with E-state index in [9.17, 15) is 8.78 Å². The molecule has 0 radical (unpaired) electrons. The largest absolute Gasteiger partial charge is 0.295 e. The van der Waals surface area contributed by atoms with Gasteiger partial charge in [-0.2, -0.15) is 0 Å². The molecule has 2 atom stereocenters. The molecule has 1 rings (SSSR count). The number of alkyl halides is 2. The van der Waals surface area contributed by atoms with Gasteiger partial charge >= 0.3 is 0 Å². The van der Waals surface area contributed by atoms with E-state index in [1.807, 2.05) is 18.7 Å². The summed E-state index contributed by atoms with van der Waals surface area (Å²) in [7, 11) is 0. The van der Waals surface area contributed by atoms with Gasteiger partial charge in [-0.25, -0.2) is 8.78 Å². The first-order valence-electron chi connectivity index (χ1n) is 5.09. The Labute approximate surface area is 79.1 Å². The van der Waals surface area contributed by atoms with E-state index in [-0.39, 0.29) is 6.54 Å². The molecular weight excluding hydrogens is 172 g/mol. The fourth-order valence-electron chi connectivity index (χ4n) is 1.71. The van der Waals surface area contributed by atoms with Crippen LogP contribution >= 0.6 is 0 Å². The lowest BCUT2D eigenvalue weighted by Crippen LogP contribution is -2.50. The lowest BCUT2D eigenvalue weighted by atomic mass is 9.94. The molecule has 1 aliphatic heterocycles. The second kappa shape index (κ2) is 3.91. The normalized spacial score (nSPS) is 31.6. The molecule has 3 heteroatoms. The van der Waals surface area contributed by atoms with Gasteiger partial charge in [0.2, 0.25) is 0 Å². The number of hydrogen-bond acceptors (Lipinski definition) is 1. The fourth-order valence-corrected chi connectivity index (χ4v) is 1.71. The summed E-state index contributed by atoms with van der Waals surface area (Å²) in [5.74, 6) is -2.94. The van der Waals surface area contributed by atoms with Crippen molar-refractivity contribution in [1.82, 2.24) is 4.90 Å². The van der Waals surface area contributed by atoms with Crippen molar-refractivity contribution in [1.29, 1.82) is 0 Å². The summed E-state index contributed by atoms with van der Waals surface area (Å²) in [5.41, 5.74) is 0. The Morgan fingerprint density at radius 3 is 2.62 bits per heavy atom. The molecule has 0 amide bonds. The lowest BCUT2D eigenvalue weighted by molar-refractivity contribution is -0.112. The Balaban J connectivity index is 2.55. The van der Waals surface area contributed by atoms with Gasteiger partial charge in [0.25, 0.3) is 5.92 Å². The smallest absolute Gasteiger partial charge is 0.263 e. The molecule has 0 spiro atoms. The highest BCUT2D eigenvalue weighted by Crippen LogP contribution is 2.33. The Bertz CT molecular complexity index is 170. The minimum atomic E-state index is -2.48. The molecule has 0 unspecified atom stereocenters. The molecular formula is C10H19F2N. The summed E-state index contributed by atoms with van der Waals surface area (Å²) in [6.07, 6.45) is 1.57. The molecule has 78 valence electrons. The zero-order valence-electron chi connectivity index (χ0n) is 8.69. The van der Waals surface area contributed by atoms with Gasteiger partial charge in [-0.05, 0) is 26.3 Å². The molecule has 0 aromatic heterocycles. The first-order valence-corrected chi connectivity index (χ1v) is 5.09. The predicted molar refractivity (Wildman–Crippen MR) is 50.1 cm³/mol. The average molecular weight is 191 g/mol. The molecule has 1 aliphatic rings. The number of nitrogens with zero attached hydrogens (tertiary/aromatic N) is 1. The Morgan fingerprint density at radius 2 is 2.15 bits per heavy atom.